The van der Waals surface area contributed by atoms with Crippen LogP contribution in [0, 0.1) is 5.41 Å². The molecule has 1 fully saturated rings. The Kier molecular flexibility index (Phi) is 4.11. The summed E-state index contributed by atoms with van der Waals surface area (Å²) in [5.41, 5.74) is 1.39. The van der Waals surface area contributed by atoms with E-state index in [1.54, 1.807) is 6.07 Å². The average molecular weight is 303 g/mol. The first kappa shape index (κ1) is 14.3. The first-order valence-electron chi connectivity index (χ1n) is 7.42. The Balaban J connectivity index is 1.71. The highest BCUT2D eigenvalue weighted by Crippen LogP contribution is 2.38. The molecule has 3 rings (SSSR count). The van der Waals surface area contributed by atoms with E-state index in [0.29, 0.717) is 18.1 Å². The highest BCUT2D eigenvalue weighted by Gasteiger charge is 2.33. The summed E-state index contributed by atoms with van der Waals surface area (Å²) in [5, 5.41) is 4.06. The quantitative estimate of drug-likeness (QED) is 0.874. The van der Waals surface area contributed by atoms with E-state index < -0.39 is 0 Å². The van der Waals surface area contributed by atoms with Gasteiger partial charge in [0.05, 0.1) is 5.52 Å². The third kappa shape index (κ3) is 3.03. The number of hydrogen-bond acceptors (Lipinski definition) is 2. The van der Waals surface area contributed by atoms with Crippen molar-refractivity contribution in [2.45, 2.75) is 25.7 Å². The fourth-order valence-electron chi connectivity index (χ4n) is 3.03. The van der Waals surface area contributed by atoms with Crippen molar-refractivity contribution in [3.8, 4) is 0 Å². The lowest BCUT2D eigenvalue weighted by Gasteiger charge is -2.26. The number of carbonyl (C=O) groups excluding carboxylic acids is 1. The number of amides is 1. The second-order valence-electron chi connectivity index (χ2n) is 5.91. The average Bonchev–Trinajstić information content (AvgIpc) is 3.01. The Bertz CT molecular complexity index is 650. The van der Waals surface area contributed by atoms with Gasteiger partial charge in [0, 0.05) is 23.2 Å². The topological polar surface area (TPSA) is 42.0 Å². The summed E-state index contributed by atoms with van der Waals surface area (Å²) in [7, 11) is 0. The van der Waals surface area contributed by atoms with E-state index in [4.69, 9.17) is 11.6 Å². The van der Waals surface area contributed by atoms with Gasteiger partial charge in [-0.05, 0) is 25.0 Å². The number of alkyl halides is 1. The van der Waals surface area contributed by atoms with Crippen molar-refractivity contribution in [1.82, 2.24) is 10.3 Å². The van der Waals surface area contributed by atoms with Gasteiger partial charge in [-0.2, -0.15) is 0 Å². The van der Waals surface area contributed by atoms with Gasteiger partial charge in [-0.1, -0.05) is 37.1 Å². The van der Waals surface area contributed by atoms with Crippen LogP contribution in [0.4, 0.5) is 0 Å². The van der Waals surface area contributed by atoms with Crippen LogP contribution in [0.3, 0.4) is 0 Å². The van der Waals surface area contributed by atoms with E-state index in [0.717, 1.165) is 23.7 Å². The van der Waals surface area contributed by atoms with Gasteiger partial charge >= 0.3 is 0 Å². The molecule has 3 nitrogen and oxygen atoms in total. The maximum Gasteiger partial charge on any atom is 0.269 e. The van der Waals surface area contributed by atoms with Crippen LogP contribution >= 0.6 is 11.6 Å². The molecule has 1 heterocycles. The molecule has 0 saturated heterocycles. The molecule has 1 N–H and O–H groups in total. The minimum Gasteiger partial charge on any atom is -0.350 e. The predicted octanol–water partition coefficient (Wildman–Crippen LogP) is 3.76. The molecule has 1 saturated carbocycles. The summed E-state index contributed by atoms with van der Waals surface area (Å²) in [6.45, 7) is 0.643. The van der Waals surface area contributed by atoms with Crippen LogP contribution in [0.15, 0.2) is 36.4 Å². The third-order valence-corrected chi connectivity index (χ3v) is 4.97. The van der Waals surface area contributed by atoms with Crippen molar-refractivity contribution in [2.75, 3.05) is 12.4 Å². The Morgan fingerprint density at radius 2 is 1.95 bits per heavy atom. The van der Waals surface area contributed by atoms with Gasteiger partial charge in [-0.25, -0.2) is 4.98 Å². The van der Waals surface area contributed by atoms with Crippen molar-refractivity contribution in [3.05, 3.63) is 42.1 Å². The van der Waals surface area contributed by atoms with Crippen molar-refractivity contribution < 1.29 is 4.79 Å². The zero-order valence-electron chi connectivity index (χ0n) is 11.9. The number of benzene rings is 1. The van der Waals surface area contributed by atoms with Crippen LogP contribution in [0.2, 0.25) is 0 Å². The second kappa shape index (κ2) is 6.02. The van der Waals surface area contributed by atoms with Gasteiger partial charge in [0.1, 0.15) is 5.69 Å². The van der Waals surface area contributed by atoms with Crippen LogP contribution in [0.1, 0.15) is 36.2 Å². The van der Waals surface area contributed by atoms with Crippen molar-refractivity contribution >= 4 is 28.4 Å². The molecule has 1 amide bonds. The number of carbonyl (C=O) groups is 1. The molecule has 0 aliphatic heterocycles. The number of pyridine rings is 1. The minimum absolute atomic E-state index is 0.0774. The molecule has 4 heteroatoms. The van der Waals surface area contributed by atoms with Crippen molar-refractivity contribution in [2.24, 2.45) is 5.41 Å². The lowest BCUT2D eigenvalue weighted by atomic mass is 9.88. The fraction of sp³-hybridized carbons (Fsp3) is 0.412. The smallest absolute Gasteiger partial charge is 0.269 e. The largest absolute Gasteiger partial charge is 0.350 e. The summed E-state index contributed by atoms with van der Waals surface area (Å²) in [4.78, 5) is 16.7. The summed E-state index contributed by atoms with van der Waals surface area (Å²) in [5.74, 6) is 0.496. The van der Waals surface area contributed by atoms with Crippen LogP contribution in [-0.2, 0) is 0 Å². The number of nitrogens with one attached hydrogen (secondary N) is 1. The zero-order valence-corrected chi connectivity index (χ0v) is 12.7. The molecule has 0 spiro atoms. The number of nitrogens with zero attached hydrogens (tertiary/aromatic N) is 1. The molecular formula is C17H19ClN2O. The van der Waals surface area contributed by atoms with Gasteiger partial charge in [0.15, 0.2) is 0 Å². The standard InChI is InChI=1S/C17H19ClN2O/c18-11-17(9-3-4-10-17)12-19-16(21)15-8-7-13-5-1-2-6-14(13)20-15/h1-2,5-8H,3-4,9-12H2,(H,19,21). The molecule has 0 atom stereocenters. The van der Waals surface area contributed by atoms with E-state index in [9.17, 15) is 4.79 Å². The fourth-order valence-corrected chi connectivity index (χ4v) is 3.40. The van der Waals surface area contributed by atoms with Crippen LogP contribution < -0.4 is 5.32 Å². The molecule has 21 heavy (non-hydrogen) atoms. The third-order valence-electron chi connectivity index (χ3n) is 4.40. The predicted molar refractivity (Wildman–Crippen MR) is 85.7 cm³/mol. The normalized spacial score (nSPS) is 17.0. The van der Waals surface area contributed by atoms with Gasteiger partial charge in [0.25, 0.3) is 5.91 Å². The first-order chi connectivity index (χ1) is 10.2. The Labute approximate surface area is 129 Å². The molecule has 0 bridgehead atoms. The molecule has 2 aromatic rings. The van der Waals surface area contributed by atoms with E-state index in [1.807, 2.05) is 30.3 Å². The van der Waals surface area contributed by atoms with E-state index in [2.05, 4.69) is 10.3 Å². The van der Waals surface area contributed by atoms with E-state index >= 15 is 0 Å². The van der Waals surface area contributed by atoms with Gasteiger partial charge in [-0.3, -0.25) is 4.79 Å². The number of halogens is 1. The highest BCUT2D eigenvalue weighted by atomic mass is 35.5. The van der Waals surface area contributed by atoms with Gasteiger partial charge in [0.2, 0.25) is 0 Å². The van der Waals surface area contributed by atoms with Gasteiger partial charge < -0.3 is 5.32 Å². The minimum atomic E-state index is -0.114. The van der Waals surface area contributed by atoms with E-state index in [-0.39, 0.29) is 11.3 Å². The molecular weight excluding hydrogens is 284 g/mol. The molecule has 0 unspecified atom stereocenters. The monoisotopic (exact) mass is 302 g/mol. The number of para-hydroxylation sites is 1. The maximum absolute atomic E-state index is 12.3. The molecule has 0 radical (unpaired) electrons. The van der Waals surface area contributed by atoms with Crippen LogP contribution in [0.5, 0.6) is 0 Å². The SMILES string of the molecule is O=C(NCC1(CCl)CCCC1)c1ccc2ccccc2n1. The van der Waals surface area contributed by atoms with Gasteiger partial charge in [-0.15, -0.1) is 11.6 Å². The second-order valence-corrected chi connectivity index (χ2v) is 6.18. The maximum atomic E-state index is 12.3. The van der Waals surface area contributed by atoms with Crippen LogP contribution in [-0.4, -0.2) is 23.3 Å². The number of hydrogen-bond donors (Lipinski definition) is 1. The number of rotatable bonds is 4. The lowest BCUT2D eigenvalue weighted by Crippen LogP contribution is -2.37. The molecule has 1 aromatic heterocycles. The zero-order chi connectivity index (χ0) is 14.7. The Morgan fingerprint density at radius 1 is 1.19 bits per heavy atom. The lowest BCUT2D eigenvalue weighted by molar-refractivity contribution is 0.0930. The van der Waals surface area contributed by atoms with E-state index in [1.165, 1.54) is 12.8 Å². The Hall–Kier alpha value is -1.61. The summed E-state index contributed by atoms with van der Waals surface area (Å²) < 4.78 is 0. The Morgan fingerprint density at radius 3 is 2.71 bits per heavy atom. The van der Waals surface area contributed by atoms with Crippen molar-refractivity contribution in [3.63, 3.8) is 0 Å². The number of aromatic nitrogens is 1. The molecule has 1 aromatic carbocycles. The van der Waals surface area contributed by atoms with Crippen LogP contribution in [0.25, 0.3) is 10.9 Å². The summed E-state index contributed by atoms with van der Waals surface area (Å²) in [6.07, 6.45) is 4.61. The van der Waals surface area contributed by atoms with Crippen molar-refractivity contribution in [1.29, 1.82) is 0 Å². The summed E-state index contributed by atoms with van der Waals surface area (Å²) in [6, 6.07) is 11.5. The highest BCUT2D eigenvalue weighted by molar-refractivity contribution is 6.18. The molecule has 110 valence electrons. The molecule has 1 aliphatic carbocycles. The molecule has 1 aliphatic rings. The number of fused-ring (bicyclic) bond motifs is 1. The summed E-state index contributed by atoms with van der Waals surface area (Å²) >= 11 is 6.11. The first-order valence-corrected chi connectivity index (χ1v) is 7.96.